The van der Waals surface area contributed by atoms with Crippen LogP contribution >= 0.6 is 11.8 Å². The van der Waals surface area contributed by atoms with Crippen LogP contribution < -0.4 is 0 Å². The van der Waals surface area contributed by atoms with Crippen LogP contribution in [0, 0.1) is 0 Å². The van der Waals surface area contributed by atoms with Crippen molar-refractivity contribution in [2.75, 3.05) is 0 Å². The number of unbranched alkanes of at least 4 members (excludes halogenated alkanes) is 1. The molecule has 0 rings (SSSR count). The Morgan fingerprint density at radius 3 is 2.60 bits per heavy atom. The van der Waals surface area contributed by atoms with Crippen LogP contribution in [0.15, 0.2) is 24.1 Å². The van der Waals surface area contributed by atoms with E-state index in [9.17, 15) is 0 Å². The molecule has 0 aromatic rings. The van der Waals surface area contributed by atoms with E-state index in [-0.39, 0.29) is 0 Å². The van der Waals surface area contributed by atoms with Crippen molar-refractivity contribution in [3.63, 3.8) is 0 Å². The Hall–Kier alpha value is -0.170. The molecule has 0 spiro atoms. The molecule has 0 unspecified atom stereocenters. The van der Waals surface area contributed by atoms with E-state index >= 15 is 0 Å². The maximum atomic E-state index is 3.65. The van der Waals surface area contributed by atoms with Crippen LogP contribution in [-0.4, -0.2) is 5.25 Å². The molecule has 0 aromatic heterocycles. The lowest BCUT2D eigenvalue weighted by molar-refractivity contribution is 1.06. The molecule has 0 radical (unpaired) electrons. The lowest BCUT2D eigenvalue weighted by atomic mass is 10.3. The van der Waals surface area contributed by atoms with Gasteiger partial charge in [0.15, 0.2) is 0 Å². The van der Waals surface area contributed by atoms with E-state index in [1.165, 1.54) is 0 Å². The number of allylic oxidation sites excluding steroid dienone is 2. The Kier molecular flexibility index (Phi) is 6.83. The molecule has 58 valence electrons. The highest BCUT2D eigenvalue weighted by molar-refractivity contribution is 8.02. The van der Waals surface area contributed by atoms with Crippen LogP contribution in [0.4, 0.5) is 0 Å². The summed E-state index contributed by atoms with van der Waals surface area (Å²) in [6, 6.07) is 0. The zero-order chi connectivity index (χ0) is 7.82. The van der Waals surface area contributed by atoms with E-state index in [0.29, 0.717) is 5.25 Å². The molecule has 0 fully saturated rings. The van der Waals surface area contributed by atoms with Gasteiger partial charge in [-0.1, -0.05) is 26.0 Å². The molecule has 0 amide bonds. The van der Waals surface area contributed by atoms with Crippen LogP contribution in [0.25, 0.3) is 0 Å². The normalized spacial score (nSPS) is 11.1. The first-order valence-corrected chi connectivity index (χ1v) is 4.63. The molecule has 0 atom stereocenters. The molecular weight excluding hydrogens is 140 g/mol. The van der Waals surface area contributed by atoms with Gasteiger partial charge in [0, 0.05) is 5.25 Å². The number of hydrogen-bond acceptors (Lipinski definition) is 1. The zero-order valence-corrected chi connectivity index (χ0v) is 7.66. The second kappa shape index (κ2) is 6.94. The molecule has 1 heteroatoms. The summed E-state index contributed by atoms with van der Waals surface area (Å²) in [7, 11) is 0. The van der Waals surface area contributed by atoms with Crippen LogP contribution in [-0.2, 0) is 0 Å². The first-order valence-electron chi connectivity index (χ1n) is 3.68. The van der Waals surface area contributed by atoms with Crippen LogP contribution in [0.2, 0.25) is 0 Å². The second-order valence-corrected chi connectivity index (χ2v) is 3.91. The van der Waals surface area contributed by atoms with E-state index in [0.717, 1.165) is 12.8 Å². The summed E-state index contributed by atoms with van der Waals surface area (Å²) in [5.74, 6) is 0. The molecule has 0 nitrogen and oxygen atoms in total. The predicted octanol–water partition coefficient (Wildman–Crippen LogP) is 3.61. The third-order valence-electron chi connectivity index (χ3n) is 0.984. The van der Waals surface area contributed by atoms with Crippen LogP contribution in [0.1, 0.15) is 26.7 Å². The van der Waals surface area contributed by atoms with Gasteiger partial charge in [-0.15, -0.1) is 18.3 Å². The minimum atomic E-state index is 0.708. The van der Waals surface area contributed by atoms with Gasteiger partial charge in [0.25, 0.3) is 0 Å². The predicted molar refractivity (Wildman–Crippen MR) is 51.3 cm³/mol. The molecule has 10 heavy (non-hydrogen) atoms. The van der Waals surface area contributed by atoms with Gasteiger partial charge in [0.1, 0.15) is 0 Å². The topological polar surface area (TPSA) is 0 Å². The van der Waals surface area contributed by atoms with Gasteiger partial charge in [-0.2, -0.15) is 0 Å². The van der Waals surface area contributed by atoms with Gasteiger partial charge in [-0.25, -0.2) is 0 Å². The maximum absolute atomic E-state index is 3.65. The minimum Gasteiger partial charge on any atom is -0.132 e. The monoisotopic (exact) mass is 156 g/mol. The Morgan fingerprint density at radius 2 is 2.10 bits per heavy atom. The Morgan fingerprint density at radius 1 is 1.40 bits per heavy atom. The van der Waals surface area contributed by atoms with Gasteiger partial charge in [0.2, 0.25) is 0 Å². The fourth-order valence-electron chi connectivity index (χ4n) is 0.495. The highest BCUT2D eigenvalue weighted by atomic mass is 32.2. The average molecular weight is 156 g/mol. The van der Waals surface area contributed by atoms with Crippen molar-refractivity contribution in [3.05, 3.63) is 24.1 Å². The van der Waals surface area contributed by atoms with Crippen molar-refractivity contribution in [2.45, 2.75) is 31.9 Å². The number of thioether (sulfide) groups is 1. The van der Waals surface area contributed by atoms with E-state index in [2.05, 4.69) is 31.9 Å². The van der Waals surface area contributed by atoms with Gasteiger partial charge in [0.05, 0.1) is 0 Å². The van der Waals surface area contributed by atoms with Gasteiger partial charge in [-0.3, -0.25) is 0 Å². The minimum absolute atomic E-state index is 0.708. The summed E-state index contributed by atoms with van der Waals surface area (Å²) < 4.78 is 0. The standard InChI is InChI=1S/C9H16S/c1-4-5-6-7-8-10-9(2)3/h4,7-9H,1,5-6H2,2-3H3. The molecule has 0 aliphatic rings. The van der Waals surface area contributed by atoms with E-state index in [1.807, 2.05) is 17.8 Å². The largest absolute Gasteiger partial charge is 0.132 e. The lowest BCUT2D eigenvalue weighted by Gasteiger charge is -1.95. The summed E-state index contributed by atoms with van der Waals surface area (Å²) in [6.07, 6.45) is 6.37. The third kappa shape index (κ3) is 7.83. The molecular formula is C9H16S. The van der Waals surface area contributed by atoms with Crippen molar-refractivity contribution in [2.24, 2.45) is 0 Å². The zero-order valence-electron chi connectivity index (χ0n) is 6.84. The Labute approximate surface area is 68.4 Å². The van der Waals surface area contributed by atoms with Crippen molar-refractivity contribution in [1.82, 2.24) is 0 Å². The number of hydrogen-bond donors (Lipinski definition) is 0. The third-order valence-corrected chi connectivity index (χ3v) is 1.88. The van der Waals surface area contributed by atoms with Crippen molar-refractivity contribution >= 4 is 11.8 Å². The lowest BCUT2D eigenvalue weighted by Crippen LogP contribution is -1.80. The van der Waals surface area contributed by atoms with E-state index in [1.54, 1.807) is 0 Å². The quantitative estimate of drug-likeness (QED) is 0.433. The van der Waals surface area contributed by atoms with Crippen molar-refractivity contribution < 1.29 is 0 Å². The molecule has 0 aliphatic heterocycles. The van der Waals surface area contributed by atoms with Crippen molar-refractivity contribution in [3.8, 4) is 0 Å². The van der Waals surface area contributed by atoms with Gasteiger partial charge >= 0.3 is 0 Å². The van der Waals surface area contributed by atoms with E-state index < -0.39 is 0 Å². The summed E-state index contributed by atoms with van der Waals surface area (Å²) in [5, 5.41) is 2.88. The maximum Gasteiger partial charge on any atom is 0.00316 e. The van der Waals surface area contributed by atoms with E-state index in [4.69, 9.17) is 0 Å². The van der Waals surface area contributed by atoms with Gasteiger partial charge in [-0.05, 0) is 18.2 Å². The molecule has 0 aliphatic carbocycles. The Bertz CT molecular complexity index is 103. The smallest absolute Gasteiger partial charge is 0.00316 e. The molecule has 0 bridgehead atoms. The van der Waals surface area contributed by atoms with Crippen LogP contribution in [0.3, 0.4) is 0 Å². The Balaban J connectivity index is 3.11. The fraction of sp³-hybridized carbons (Fsp3) is 0.556. The first kappa shape index (κ1) is 9.83. The molecule has 0 saturated heterocycles. The highest BCUT2D eigenvalue weighted by Gasteiger charge is 1.85. The summed E-state index contributed by atoms with van der Waals surface area (Å²) in [5.41, 5.74) is 0. The summed E-state index contributed by atoms with van der Waals surface area (Å²) in [4.78, 5) is 0. The fourth-order valence-corrected chi connectivity index (χ4v) is 1.06. The second-order valence-electron chi connectivity index (χ2n) is 2.42. The molecule has 0 N–H and O–H groups in total. The number of rotatable bonds is 5. The van der Waals surface area contributed by atoms with Crippen molar-refractivity contribution in [1.29, 1.82) is 0 Å². The molecule has 0 aromatic carbocycles. The summed E-state index contributed by atoms with van der Waals surface area (Å²) >= 11 is 1.87. The SMILES string of the molecule is C=CCCC=CSC(C)C. The molecule has 0 heterocycles. The molecule has 0 saturated carbocycles. The van der Waals surface area contributed by atoms with Crippen LogP contribution in [0.5, 0.6) is 0 Å². The average Bonchev–Trinajstić information content (AvgIpc) is 1.87. The first-order chi connectivity index (χ1) is 4.77. The van der Waals surface area contributed by atoms with Gasteiger partial charge < -0.3 is 0 Å². The summed E-state index contributed by atoms with van der Waals surface area (Å²) in [6.45, 7) is 8.05. The highest BCUT2D eigenvalue weighted by Crippen LogP contribution is 2.10.